The zero-order valence-corrected chi connectivity index (χ0v) is 24.9. The van der Waals surface area contributed by atoms with E-state index in [2.05, 4.69) is 4.72 Å². The van der Waals surface area contributed by atoms with Gasteiger partial charge in [-0.2, -0.15) is 8.93 Å². The van der Waals surface area contributed by atoms with E-state index in [-0.39, 0.29) is 12.5 Å². The monoisotopic (exact) mass is 586 g/mol. The molecule has 2 unspecified atom stereocenters. The number of nitrogens with zero attached hydrogens (tertiary/aromatic N) is 1. The zero-order valence-electron chi connectivity index (χ0n) is 24.1. The topological polar surface area (TPSA) is 114 Å². The fourth-order valence-electron chi connectivity index (χ4n) is 4.46. The van der Waals surface area contributed by atoms with Gasteiger partial charge in [0.2, 0.25) is 0 Å². The summed E-state index contributed by atoms with van der Waals surface area (Å²) in [4.78, 5) is 25.7. The molecule has 1 aliphatic rings. The number of hydrogen-bond donors (Lipinski definition) is 2. The van der Waals surface area contributed by atoms with Crippen LogP contribution in [-0.4, -0.2) is 57.6 Å². The Bertz CT molecular complexity index is 1140. The van der Waals surface area contributed by atoms with Gasteiger partial charge in [0.05, 0.1) is 6.61 Å². The minimum atomic E-state index is -2.00. The van der Waals surface area contributed by atoms with Gasteiger partial charge in [-0.05, 0) is 88.1 Å². The molecule has 1 fully saturated rings. The Morgan fingerprint density at radius 2 is 1.76 bits per heavy atom. The summed E-state index contributed by atoms with van der Waals surface area (Å²) in [6, 6.07) is 15.5. The van der Waals surface area contributed by atoms with Gasteiger partial charge in [-0.25, -0.2) is 4.79 Å². The largest absolute Gasteiger partial charge is 0.494 e. The molecular formula is C31H42N2O7S. The SMILES string of the molecule is CC(C)(C)OC(=O)N1CCC(CCCCOc2ccc(CC(NS(=O)OC=Cc3ccccc3)C(=O)O)cc2)CC1. The van der Waals surface area contributed by atoms with Crippen molar-refractivity contribution < 1.29 is 32.6 Å². The molecule has 2 aromatic carbocycles. The molecule has 0 bridgehead atoms. The lowest BCUT2D eigenvalue weighted by Gasteiger charge is -2.33. The molecule has 3 rings (SSSR count). The molecule has 10 heteroatoms. The minimum Gasteiger partial charge on any atom is -0.494 e. The smallest absolute Gasteiger partial charge is 0.410 e. The minimum absolute atomic E-state index is 0.139. The maximum Gasteiger partial charge on any atom is 0.410 e. The van der Waals surface area contributed by atoms with Crippen molar-refractivity contribution in [2.45, 2.75) is 70.9 Å². The summed E-state index contributed by atoms with van der Waals surface area (Å²) in [7, 11) is 0. The van der Waals surface area contributed by atoms with E-state index in [4.69, 9.17) is 13.7 Å². The highest BCUT2D eigenvalue weighted by Crippen LogP contribution is 2.24. The predicted octanol–water partition coefficient (Wildman–Crippen LogP) is 5.73. The van der Waals surface area contributed by atoms with Crippen LogP contribution >= 0.6 is 0 Å². The van der Waals surface area contributed by atoms with Crippen LogP contribution in [0.1, 0.15) is 64.0 Å². The molecule has 9 nitrogen and oxygen atoms in total. The van der Waals surface area contributed by atoms with Crippen molar-refractivity contribution in [2.24, 2.45) is 5.92 Å². The third-order valence-corrected chi connectivity index (χ3v) is 7.41. The van der Waals surface area contributed by atoms with Gasteiger partial charge in [0.15, 0.2) is 0 Å². The summed E-state index contributed by atoms with van der Waals surface area (Å²) in [6.07, 6.45) is 7.94. The lowest BCUT2D eigenvalue weighted by atomic mass is 9.92. The fraction of sp³-hybridized carbons (Fsp3) is 0.484. The highest BCUT2D eigenvalue weighted by molar-refractivity contribution is 7.78. The number of aliphatic carboxylic acids is 1. The second-order valence-corrected chi connectivity index (χ2v) is 12.1. The number of carbonyl (C=O) groups excluding carboxylic acids is 1. The van der Waals surface area contributed by atoms with Gasteiger partial charge in [0, 0.05) is 13.1 Å². The fourth-order valence-corrected chi connectivity index (χ4v) is 5.09. The normalized spacial score (nSPS) is 15.8. The van der Waals surface area contributed by atoms with Crippen molar-refractivity contribution in [3.05, 3.63) is 72.0 Å². The molecule has 1 amide bonds. The molecule has 2 aromatic rings. The van der Waals surface area contributed by atoms with E-state index < -0.39 is 28.9 Å². The van der Waals surface area contributed by atoms with Gasteiger partial charge in [-0.1, -0.05) is 48.9 Å². The number of likely N-dealkylation sites (tertiary alicyclic amines) is 1. The lowest BCUT2D eigenvalue weighted by molar-refractivity contribution is -0.138. The van der Waals surface area contributed by atoms with Gasteiger partial charge >= 0.3 is 12.1 Å². The Kier molecular flexibility index (Phi) is 12.7. The van der Waals surface area contributed by atoms with Crippen molar-refractivity contribution in [3.63, 3.8) is 0 Å². The van der Waals surface area contributed by atoms with Gasteiger partial charge in [-0.3, -0.25) is 4.79 Å². The Hall–Kier alpha value is -3.37. The third kappa shape index (κ3) is 12.4. The van der Waals surface area contributed by atoms with Gasteiger partial charge in [-0.15, -0.1) is 0 Å². The van der Waals surface area contributed by atoms with E-state index in [0.29, 0.717) is 12.5 Å². The highest BCUT2D eigenvalue weighted by Gasteiger charge is 2.26. The van der Waals surface area contributed by atoms with Crippen molar-refractivity contribution in [1.29, 1.82) is 0 Å². The molecule has 0 saturated carbocycles. The summed E-state index contributed by atoms with van der Waals surface area (Å²) in [5, 5.41) is 9.56. The van der Waals surface area contributed by atoms with Crippen LogP contribution in [-0.2, 0) is 31.4 Å². The predicted molar refractivity (Wildman–Crippen MR) is 159 cm³/mol. The number of nitrogens with one attached hydrogen (secondary N) is 1. The molecule has 224 valence electrons. The second kappa shape index (κ2) is 16.2. The van der Waals surface area contributed by atoms with E-state index >= 15 is 0 Å². The zero-order chi connectivity index (χ0) is 29.7. The van der Waals surface area contributed by atoms with E-state index in [1.807, 2.05) is 75.4 Å². The standard InChI is InChI=1S/C31H42N2O7S/c1-31(2,3)40-30(36)33-19-16-25(17-20-33)11-7-8-21-38-27-14-12-26(13-15-27)23-28(29(34)35)32-41(37)39-22-18-24-9-5-4-6-10-24/h4-6,9-10,12-15,18,22,25,28,32H,7-8,11,16-17,19-21,23H2,1-3H3,(H,34,35). The number of piperidine rings is 1. The van der Waals surface area contributed by atoms with Crippen molar-refractivity contribution in [1.82, 2.24) is 9.62 Å². The van der Waals surface area contributed by atoms with Gasteiger partial charge < -0.3 is 23.7 Å². The molecule has 1 heterocycles. The Morgan fingerprint density at radius 1 is 1.07 bits per heavy atom. The molecular weight excluding hydrogens is 544 g/mol. The van der Waals surface area contributed by atoms with E-state index in [1.165, 1.54) is 6.26 Å². The summed E-state index contributed by atoms with van der Waals surface area (Å²) >= 11 is -2.00. The summed E-state index contributed by atoms with van der Waals surface area (Å²) in [5.41, 5.74) is 1.18. The number of ether oxygens (including phenoxy) is 2. The van der Waals surface area contributed by atoms with Crippen molar-refractivity contribution in [3.8, 4) is 5.75 Å². The summed E-state index contributed by atoms with van der Waals surface area (Å²) in [5.74, 6) is 0.213. The van der Waals surface area contributed by atoms with Crippen LogP contribution in [0, 0.1) is 5.92 Å². The Morgan fingerprint density at radius 3 is 2.39 bits per heavy atom. The first-order valence-corrected chi connectivity index (χ1v) is 15.2. The maximum atomic E-state index is 12.2. The molecule has 0 radical (unpaired) electrons. The quantitative estimate of drug-likeness (QED) is 0.215. The first-order chi connectivity index (χ1) is 19.6. The molecule has 0 spiro atoms. The number of carboxylic acids is 1. The molecule has 2 N–H and O–H groups in total. The Balaban J connectivity index is 1.32. The first kappa shape index (κ1) is 32.1. The summed E-state index contributed by atoms with van der Waals surface area (Å²) in [6.45, 7) is 7.74. The van der Waals surface area contributed by atoms with Crippen LogP contribution < -0.4 is 9.46 Å². The average Bonchev–Trinajstić information content (AvgIpc) is 2.93. The number of rotatable bonds is 14. The van der Waals surface area contributed by atoms with Crippen LogP contribution in [0.5, 0.6) is 5.75 Å². The number of hydrogen-bond acceptors (Lipinski definition) is 6. The number of carbonyl (C=O) groups is 2. The second-order valence-electron chi connectivity index (χ2n) is 11.2. The molecule has 0 aliphatic carbocycles. The maximum absolute atomic E-state index is 12.2. The molecule has 41 heavy (non-hydrogen) atoms. The Labute approximate surface area is 245 Å². The molecule has 1 aliphatic heterocycles. The number of amides is 1. The lowest BCUT2D eigenvalue weighted by Crippen LogP contribution is -2.41. The van der Waals surface area contributed by atoms with Crippen LogP contribution in [0.3, 0.4) is 0 Å². The molecule has 2 atom stereocenters. The average molecular weight is 587 g/mol. The van der Waals surface area contributed by atoms with Crippen LogP contribution in [0.2, 0.25) is 0 Å². The number of carboxylic acid groups (broad SMARTS) is 1. The summed E-state index contributed by atoms with van der Waals surface area (Å²) < 4.78 is 31.1. The van der Waals surface area contributed by atoms with Crippen LogP contribution in [0.4, 0.5) is 4.79 Å². The third-order valence-electron chi connectivity index (χ3n) is 6.64. The van der Waals surface area contributed by atoms with Gasteiger partial charge in [0.1, 0.15) is 23.7 Å². The van der Waals surface area contributed by atoms with E-state index in [0.717, 1.165) is 62.1 Å². The first-order valence-electron chi connectivity index (χ1n) is 14.1. The van der Waals surface area contributed by atoms with Crippen molar-refractivity contribution >= 4 is 29.4 Å². The molecule has 1 saturated heterocycles. The van der Waals surface area contributed by atoms with Crippen molar-refractivity contribution in [2.75, 3.05) is 19.7 Å². The molecule has 0 aromatic heterocycles. The van der Waals surface area contributed by atoms with Crippen LogP contribution in [0.25, 0.3) is 6.08 Å². The number of unbranched alkanes of at least 4 members (excludes halogenated alkanes) is 1. The number of benzene rings is 2. The van der Waals surface area contributed by atoms with Crippen LogP contribution in [0.15, 0.2) is 60.9 Å². The van der Waals surface area contributed by atoms with E-state index in [1.54, 1.807) is 11.0 Å². The highest BCUT2D eigenvalue weighted by atomic mass is 32.2. The van der Waals surface area contributed by atoms with E-state index in [9.17, 15) is 18.9 Å². The van der Waals surface area contributed by atoms with Gasteiger partial charge in [0.25, 0.3) is 11.3 Å².